The number of carbonyl (C=O) groups is 1. The van der Waals surface area contributed by atoms with Crippen LogP contribution in [-0.4, -0.2) is 10.9 Å². The molecule has 0 atom stereocenters. The molecule has 1 heterocycles. The van der Waals surface area contributed by atoms with E-state index in [0.717, 1.165) is 23.7 Å². The number of aromatic nitrogens is 1. The minimum absolute atomic E-state index is 0.0953. The number of aryl methyl sites for hydroxylation is 1. The number of carbonyl (C=O) groups excluding carboxylic acids is 1. The van der Waals surface area contributed by atoms with Crippen LogP contribution in [0.15, 0.2) is 5.38 Å². The molecule has 1 amide bonds. The highest BCUT2D eigenvalue weighted by Gasteiger charge is 2.04. The van der Waals surface area contributed by atoms with Gasteiger partial charge in [-0.2, -0.15) is 0 Å². The topological polar surface area (TPSA) is 42.0 Å². The predicted octanol–water partition coefficient (Wildman–Crippen LogP) is 4.53. The van der Waals surface area contributed by atoms with Gasteiger partial charge in [0.15, 0.2) is 5.13 Å². The maximum atomic E-state index is 11.6. The number of rotatable bonds is 9. The third-order valence-corrected chi connectivity index (χ3v) is 3.75. The number of anilines is 1. The van der Waals surface area contributed by atoms with Gasteiger partial charge in [0.05, 0.1) is 5.69 Å². The van der Waals surface area contributed by atoms with Crippen LogP contribution < -0.4 is 5.32 Å². The highest BCUT2D eigenvalue weighted by atomic mass is 32.1. The molecule has 0 saturated carbocycles. The Kier molecular flexibility index (Phi) is 7.65. The molecule has 102 valence electrons. The third kappa shape index (κ3) is 6.74. The molecule has 4 heteroatoms. The van der Waals surface area contributed by atoms with E-state index in [0.29, 0.717) is 6.42 Å². The van der Waals surface area contributed by atoms with E-state index in [-0.39, 0.29) is 5.91 Å². The van der Waals surface area contributed by atoms with Crippen molar-refractivity contribution in [3.8, 4) is 0 Å². The lowest BCUT2D eigenvalue weighted by Gasteiger charge is -2.02. The van der Waals surface area contributed by atoms with E-state index >= 15 is 0 Å². The van der Waals surface area contributed by atoms with Crippen molar-refractivity contribution in [3.63, 3.8) is 0 Å². The van der Waals surface area contributed by atoms with Crippen LogP contribution in [0, 0.1) is 6.92 Å². The second-order valence-corrected chi connectivity index (χ2v) is 5.57. The van der Waals surface area contributed by atoms with Crippen molar-refractivity contribution in [3.05, 3.63) is 11.1 Å². The SMILES string of the molecule is CCCCCCCCCC(=O)Nc1nc(C)cs1. The first-order valence-electron chi connectivity index (χ1n) is 6.94. The quantitative estimate of drug-likeness (QED) is 0.668. The maximum absolute atomic E-state index is 11.6. The summed E-state index contributed by atoms with van der Waals surface area (Å²) in [5, 5.41) is 5.51. The lowest BCUT2D eigenvalue weighted by Crippen LogP contribution is -2.10. The van der Waals surface area contributed by atoms with Crippen molar-refractivity contribution in [1.29, 1.82) is 0 Å². The van der Waals surface area contributed by atoms with Crippen LogP contribution in [0.2, 0.25) is 0 Å². The molecule has 0 fully saturated rings. The summed E-state index contributed by atoms with van der Waals surface area (Å²) in [6.45, 7) is 4.16. The zero-order valence-electron chi connectivity index (χ0n) is 11.5. The average Bonchev–Trinajstić information content (AvgIpc) is 2.73. The minimum Gasteiger partial charge on any atom is -0.302 e. The second kappa shape index (κ2) is 9.09. The minimum atomic E-state index is 0.0953. The first kappa shape index (κ1) is 15.2. The fraction of sp³-hybridized carbons (Fsp3) is 0.714. The van der Waals surface area contributed by atoms with Crippen LogP contribution >= 0.6 is 11.3 Å². The first-order valence-corrected chi connectivity index (χ1v) is 7.82. The van der Waals surface area contributed by atoms with Crippen LogP contribution in [0.1, 0.15) is 64.0 Å². The van der Waals surface area contributed by atoms with Crippen LogP contribution in [0.4, 0.5) is 5.13 Å². The Morgan fingerprint density at radius 1 is 1.22 bits per heavy atom. The number of nitrogens with zero attached hydrogens (tertiary/aromatic N) is 1. The summed E-state index contributed by atoms with van der Waals surface area (Å²) in [5.74, 6) is 0.0953. The molecule has 0 aliphatic carbocycles. The van der Waals surface area contributed by atoms with E-state index < -0.39 is 0 Å². The zero-order chi connectivity index (χ0) is 13.2. The summed E-state index contributed by atoms with van der Waals surface area (Å²) in [6, 6.07) is 0. The molecule has 1 aromatic heterocycles. The van der Waals surface area contributed by atoms with E-state index in [9.17, 15) is 4.79 Å². The van der Waals surface area contributed by atoms with Crippen LogP contribution in [0.5, 0.6) is 0 Å². The maximum Gasteiger partial charge on any atom is 0.226 e. The van der Waals surface area contributed by atoms with Crippen molar-refractivity contribution >= 4 is 22.4 Å². The largest absolute Gasteiger partial charge is 0.302 e. The van der Waals surface area contributed by atoms with Crippen LogP contribution in [0.25, 0.3) is 0 Å². The lowest BCUT2D eigenvalue weighted by molar-refractivity contribution is -0.116. The average molecular weight is 268 g/mol. The molecule has 0 saturated heterocycles. The van der Waals surface area contributed by atoms with Gasteiger partial charge in [-0.1, -0.05) is 45.4 Å². The number of amides is 1. The van der Waals surface area contributed by atoms with Crippen molar-refractivity contribution < 1.29 is 4.79 Å². The van der Waals surface area contributed by atoms with E-state index in [1.807, 2.05) is 12.3 Å². The van der Waals surface area contributed by atoms with Crippen molar-refractivity contribution in [1.82, 2.24) is 4.98 Å². The second-order valence-electron chi connectivity index (χ2n) is 4.71. The van der Waals surface area contributed by atoms with Crippen LogP contribution in [0.3, 0.4) is 0 Å². The smallest absolute Gasteiger partial charge is 0.226 e. The van der Waals surface area contributed by atoms with Crippen LogP contribution in [-0.2, 0) is 4.79 Å². The van der Waals surface area contributed by atoms with Gasteiger partial charge in [0.1, 0.15) is 0 Å². The molecular formula is C14H24N2OS. The molecule has 0 aromatic carbocycles. The van der Waals surface area contributed by atoms with Gasteiger partial charge in [0, 0.05) is 11.8 Å². The number of hydrogen-bond acceptors (Lipinski definition) is 3. The fourth-order valence-corrected chi connectivity index (χ4v) is 2.54. The Morgan fingerprint density at radius 2 is 1.89 bits per heavy atom. The summed E-state index contributed by atoms with van der Waals surface area (Å²) >= 11 is 1.49. The highest BCUT2D eigenvalue weighted by molar-refractivity contribution is 7.13. The summed E-state index contributed by atoms with van der Waals surface area (Å²) in [4.78, 5) is 15.8. The Labute approximate surface area is 114 Å². The number of hydrogen-bond donors (Lipinski definition) is 1. The van der Waals surface area contributed by atoms with E-state index in [1.165, 1.54) is 43.4 Å². The van der Waals surface area contributed by atoms with Gasteiger partial charge >= 0.3 is 0 Å². The summed E-state index contributed by atoms with van der Waals surface area (Å²) < 4.78 is 0. The van der Waals surface area contributed by atoms with E-state index in [1.54, 1.807) is 0 Å². The summed E-state index contributed by atoms with van der Waals surface area (Å²) in [7, 11) is 0. The summed E-state index contributed by atoms with van der Waals surface area (Å²) in [5.41, 5.74) is 0.964. The normalized spacial score (nSPS) is 10.6. The molecule has 0 bridgehead atoms. The van der Waals surface area contributed by atoms with Gasteiger partial charge in [0.25, 0.3) is 0 Å². The molecule has 0 spiro atoms. The molecular weight excluding hydrogens is 244 g/mol. The molecule has 3 nitrogen and oxygen atoms in total. The monoisotopic (exact) mass is 268 g/mol. The molecule has 1 aromatic rings. The van der Waals surface area contributed by atoms with Gasteiger partial charge in [0.2, 0.25) is 5.91 Å². The predicted molar refractivity (Wildman–Crippen MR) is 78.1 cm³/mol. The molecule has 1 rings (SSSR count). The third-order valence-electron chi connectivity index (χ3n) is 2.87. The highest BCUT2D eigenvalue weighted by Crippen LogP contribution is 2.15. The standard InChI is InChI=1S/C14H24N2OS/c1-3-4-5-6-7-8-9-10-13(17)16-14-15-12(2)11-18-14/h11H,3-10H2,1-2H3,(H,15,16,17). The van der Waals surface area contributed by atoms with Gasteiger partial charge in [-0.15, -0.1) is 11.3 Å². The van der Waals surface area contributed by atoms with Crippen molar-refractivity contribution in [2.75, 3.05) is 5.32 Å². The Hall–Kier alpha value is -0.900. The van der Waals surface area contributed by atoms with E-state index in [2.05, 4.69) is 17.2 Å². The molecule has 18 heavy (non-hydrogen) atoms. The number of unbranched alkanes of at least 4 members (excludes halogenated alkanes) is 6. The van der Waals surface area contributed by atoms with Gasteiger partial charge in [-0.05, 0) is 13.3 Å². The number of thiazole rings is 1. The molecule has 0 radical (unpaired) electrons. The lowest BCUT2D eigenvalue weighted by atomic mass is 10.1. The van der Waals surface area contributed by atoms with Crippen molar-refractivity contribution in [2.24, 2.45) is 0 Å². The van der Waals surface area contributed by atoms with Gasteiger partial charge in [-0.3, -0.25) is 4.79 Å². The summed E-state index contributed by atoms with van der Waals surface area (Å²) in [6.07, 6.45) is 9.29. The molecule has 0 aliphatic rings. The molecule has 1 N–H and O–H groups in total. The van der Waals surface area contributed by atoms with E-state index in [4.69, 9.17) is 0 Å². The van der Waals surface area contributed by atoms with Gasteiger partial charge < -0.3 is 5.32 Å². The first-order chi connectivity index (χ1) is 8.72. The molecule has 0 unspecified atom stereocenters. The van der Waals surface area contributed by atoms with Crippen molar-refractivity contribution in [2.45, 2.75) is 65.2 Å². The van der Waals surface area contributed by atoms with Gasteiger partial charge in [-0.25, -0.2) is 4.98 Å². The Bertz CT molecular complexity index is 349. The Morgan fingerprint density at radius 3 is 2.50 bits per heavy atom. The fourth-order valence-electron chi connectivity index (χ4n) is 1.84. The molecule has 0 aliphatic heterocycles. The zero-order valence-corrected chi connectivity index (χ0v) is 12.3. The Balaban J connectivity index is 2.00. The number of nitrogens with one attached hydrogen (secondary N) is 1.